The van der Waals surface area contributed by atoms with E-state index in [1.54, 1.807) is 0 Å². The summed E-state index contributed by atoms with van der Waals surface area (Å²) >= 11 is 0. The molecular weight excluding hydrogens is 120 g/mol. The molecule has 1 aliphatic rings. The molecule has 0 aromatic heterocycles. The zero-order valence-corrected chi connectivity index (χ0v) is 7.56. The fraction of sp³-hybridized carbons (Fsp3) is 1.00. The van der Waals surface area contributed by atoms with Gasteiger partial charge in [-0.1, -0.05) is 40.0 Å². The van der Waals surface area contributed by atoms with Gasteiger partial charge >= 0.3 is 0 Å². The van der Waals surface area contributed by atoms with Crippen molar-refractivity contribution in [3.05, 3.63) is 0 Å². The Bertz CT molecular complexity index is 94.2. The third-order valence-corrected chi connectivity index (χ3v) is 2.92. The van der Waals surface area contributed by atoms with Crippen LogP contribution >= 0.6 is 0 Å². The van der Waals surface area contributed by atoms with E-state index >= 15 is 0 Å². The largest absolute Gasteiger partial charge is 0.0625 e. The second-order valence-electron chi connectivity index (χ2n) is 4.28. The van der Waals surface area contributed by atoms with Gasteiger partial charge in [0.2, 0.25) is 0 Å². The van der Waals surface area contributed by atoms with Gasteiger partial charge < -0.3 is 0 Å². The van der Waals surface area contributed by atoms with Crippen molar-refractivity contribution in [2.24, 2.45) is 17.8 Å². The minimum absolute atomic E-state index is 0.919. The molecular formula is C10H20. The highest BCUT2D eigenvalue weighted by molar-refractivity contribution is 4.72. The Labute approximate surface area is 65.0 Å². The molecule has 60 valence electrons. The van der Waals surface area contributed by atoms with Crippen molar-refractivity contribution in [2.45, 2.75) is 46.5 Å². The van der Waals surface area contributed by atoms with E-state index in [9.17, 15) is 0 Å². The summed E-state index contributed by atoms with van der Waals surface area (Å²) in [6.07, 6.45) is 5.92. The van der Waals surface area contributed by atoms with Gasteiger partial charge in [0.1, 0.15) is 0 Å². The fourth-order valence-electron chi connectivity index (χ4n) is 2.09. The molecule has 0 N–H and O–H groups in total. The third kappa shape index (κ3) is 2.00. The smallest absolute Gasteiger partial charge is 0.0389 e. The molecule has 0 spiro atoms. The van der Waals surface area contributed by atoms with Crippen LogP contribution < -0.4 is 0 Å². The van der Waals surface area contributed by atoms with Crippen LogP contribution in [0.2, 0.25) is 0 Å². The molecule has 0 aromatic rings. The Morgan fingerprint density at radius 2 is 1.90 bits per heavy atom. The van der Waals surface area contributed by atoms with Crippen LogP contribution in [0.5, 0.6) is 0 Å². The van der Waals surface area contributed by atoms with E-state index in [2.05, 4.69) is 20.8 Å². The third-order valence-electron chi connectivity index (χ3n) is 2.92. The van der Waals surface area contributed by atoms with Gasteiger partial charge in [-0.05, 0) is 24.2 Å². The van der Waals surface area contributed by atoms with Crippen LogP contribution in [-0.4, -0.2) is 0 Å². The predicted octanol–water partition coefficient (Wildman–Crippen LogP) is 3.47. The van der Waals surface area contributed by atoms with Gasteiger partial charge in [0.25, 0.3) is 0 Å². The molecule has 2 atom stereocenters. The van der Waals surface area contributed by atoms with Gasteiger partial charge in [-0.25, -0.2) is 0 Å². The zero-order valence-electron chi connectivity index (χ0n) is 7.56. The lowest BCUT2D eigenvalue weighted by atomic mass is 9.77. The van der Waals surface area contributed by atoms with E-state index in [0.717, 1.165) is 17.8 Å². The molecule has 0 radical (unpaired) electrons. The maximum absolute atomic E-state index is 2.40. The van der Waals surface area contributed by atoms with Crippen molar-refractivity contribution in [3.8, 4) is 0 Å². The van der Waals surface area contributed by atoms with Crippen molar-refractivity contribution in [2.75, 3.05) is 0 Å². The number of hydrogen-bond acceptors (Lipinski definition) is 0. The topological polar surface area (TPSA) is 0 Å². The lowest BCUT2D eigenvalue weighted by Gasteiger charge is -2.29. The van der Waals surface area contributed by atoms with Crippen LogP contribution in [0.1, 0.15) is 46.5 Å². The summed E-state index contributed by atoms with van der Waals surface area (Å²) < 4.78 is 0. The molecule has 1 saturated carbocycles. The monoisotopic (exact) mass is 140 g/mol. The van der Waals surface area contributed by atoms with Crippen LogP contribution in [0.25, 0.3) is 0 Å². The quantitative estimate of drug-likeness (QED) is 0.523. The summed E-state index contributed by atoms with van der Waals surface area (Å²) in [6, 6.07) is 0. The minimum Gasteiger partial charge on any atom is -0.0625 e. The first-order chi connectivity index (χ1) is 4.70. The molecule has 1 aliphatic carbocycles. The van der Waals surface area contributed by atoms with E-state index in [4.69, 9.17) is 0 Å². The molecule has 1 fully saturated rings. The summed E-state index contributed by atoms with van der Waals surface area (Å²) in [5.41, 5.74) is 0. The molecule has 0 unspecified atom stereocenters. The van der Waals surface area contributed by atoms with Crippen molar-refractivity contribution in [3.63, 3.8) is 0 Å². The normalized spacial score (nSPS) is 34.8. The van der Waals surface area contributed by atoms with Crippen LogP contribution in [0.4, 0.5) is 0 Å². The number of rotatable bonds is 1. The number of hydrogen-bond donors (Lipinski definition) is 0. The average molecular weight is 140 g/mol. The standard InChI is InChI=1S/C10H20/c1-8(2)10-6-4-5-9(3)7-10/h8-10H,4-7H2,1-3H3/t9-,10-/m1/s1. The zero-order chi connectivity index (χ0) is 7.56. The van der Waals surface area contributed by atoms with Crippen molar-refractivity contribution >= 4 is 0 Å². The van der Waals surface area contributed by atoms with Crippen LogP contribution in [0.15, 0.2) is 0 Å². The van der Waals surface area contributed by atoms with Gasteiger partial charge in [-0.2, -0.15) is 0 Å². The van der Waals surface area contributed by atoms with Crippen molar-refractivity contribution in [1.82, 2.24) is 0 Å². The van der Waals surface area contributed by atoms with E-state index in [1.165, 1.54) is 25.7 Å². The molecule has 10 heavy (non-hydrogen) atoms. The first-order valence-corrected chi connectivity index (χ1v) is 4.70. The van der Waals surface area contributed by atoms with Gasteiger partial charge in [-0.3, -0.25) is 0 Å². The molecule has 0 bridgehead atoms. The van der Waals surface area contributed by atoms with Crippen molar-refractivity contribution < 1.29 is 0 Å². The lowest BCUT2D eigenvalue weighted by Crippen LogP contribution is -2.17. The molecule has 0 aliphatic heterocycles. The molecule has 1 rings (SSSR count). The second kappa shape index (κ2) is 3.41. The Morgan fingerprint density at radius 3 is 2.30 bits per heavy atom. The first-order valence-electron chi connectivity index (χ1n) is 4.70. The molecule has 0 saturated heterocycles. The Hall–Kier alpha value is 0. The summed E-state index contributed by atoms with van der Waals surface area (Å²) in [6.45, 7) is 7.12. The molecule has 0 heteroatoms. The second-order valence-corrected chi connectivity index (χ2v) is 4.28. The molecule has 0 nitrogen and oxygen atoms in total. The maximum Gasteiger partial charge on any atom is -0.0389 e. The summed E-state index contributed by atoms with van der Waals surface area (Å²) in [7, 11) is 0. The summed E-state index contributed by atoms with van der Waals surface area (Å²) in [5, 5.41) is 0. The van der Waals surface area contributed by atoms with Crippen molar-refractivity contribution in [1.29, 1.82) is 0 Å². The Morgan fingerprint density at radius 1 is 1.20 bits per heavy atom. The van der Waals surface area contributed by atoms with Crippen LogP contribution in [0.3, 0.4) is 0 Å². The Balaban J connectivity index is 2.32. The van der Waals surface area contributed by atoms with Crippen LogP contribution in [0, 0.1) is 17.8 Å². The highest BCUT2D eigenvalue weighted by Crippen LogP contribution is 2.32. The van der Waals surface area contributed by atoms with E-state index < -0.39 is 0 Å². The summed E-state index contributed by atoms with van der Waals surface area (Å²) in [5.74, 6) is 2.95. The Kier molecular flexibility index (Phi) is 2.76. The predicted molar refractivity (Wildman–Crippen MR) is 46.0 cm³/mol. The molecule has 0 aromatic carbocycles. The minimum atomic E-state index is 0.919. The van der Waals surface area contributed by atoms with Crippen LogP contribution in [-0.2, 0) is 0 Å². The van der Waals surface area contributed by atoms with Gasteiger partial charge in [0.15, 0.2) is 0 Å². The summed E-state index contributed by atoms with van der Waals surface area (Å²) in [4.78, 5) is 0. The van der Waals surface area contributed by atoms with Gasteiger partial charge in [0, 0.05) is 0 Å². The first kappa shape index (κ1) is 8.10. The highest BCUT2D eigenvalue weighted by Gasteiger charge is 2.20. The van der Waals surface area contributed by atoms with Gasteiger partial charge in [0.05, 0.1) is 0 Å². The lowest BCUT2D eigenvalue weighted by molar-refractivity contribution is 0.226. The SMILES string of the molecule is CC(C)[C@@H]1CCC[C@@H](C)C1. The van der Waals surface area contributed by atoms with E-state index in [-0.39, 0.29) is 0 Å². The average Bonchev–Trinajstić information content (AvgIpc) is 1.88. The van der Waals surface area contributed by atoms with E-state index in [0.29, 0.717) is 0 Å². The van der Waals surface area contributed by atoms with E-state index in [1.807, 2.05) is 0 Å². The fourth-order valence-corrected chi connectivity index (χ4v) is 2.09. The highest BCUT2D eigenvalue weighted by atomic mass is 14.3. The molecule has 0 amide bonds. The van der Waals surface area contributed by atoms with Gasteiger partial charge in [-0.15, -0.1) is 0 Å². The maximum atomic E-state index is 2.40. The molecule has 0 heterocycles.